The average Bonchev–Trinajstić information content (AvgIpc) is 3.31. The number of methoxy groups -OCH3 is 1. The Morgan fingerprint density at radius 2 is 1.59 bits per heavy atom. The van der Waals surface area contributed by atoms with E-state index in [-0.39, 0.29) is 5.41 Å². The summed E-state index contributed by atoms with van der Waals surface area (Å²) >= 11 is 0. The van der Waals surface area contributed by atoms with E-state index in [0.29, 0.717) is 24.5 Å². The number of rotatable bonds is 10. The average molecular weight is 525 g/mol. The molecule has 39 heavy (non-hydrogen) atoms. The molecule has 2 fully saturated rings. The fraction of sp³-hybridized carbons (Fsp3) is 0.500. The lowest BCUT2D eigenvalue weighted by Crippen LogP contribution is -2.48. The summed E-state index contributed by atoms with van der Waals surface area (Å²) in [6.45, 7) is 4.76. The third-order valence-corrected chi connectivity index (χ3v) is 10.2. The molecule has 3 aromatic rings. The van der Waals surface area contributed by atoms with Gasteiger partial charge in [0.25, 0.3) is 0 Å². The number of ether oxygens (including phenoxy) is 3. The van der Waals surface area contributed by atoms with Gasteiger partial charge in [0.2, 0.25) is 0 Å². The molecule has 206 valence electrons. The molecule has 3 heteroatoms. The summed E-state index contributed by atoms with van der Waals surface area (Å²) in [5.41, 5.74) is 5.86. The van der Waals surface area contributed by atoms with Crippen LogP contribution < -0.4 is 4.74 Å². The van der Waals surface area contributed by atoms with Crippen LogP contribution in [0.4, 0.5) is 0 Å². The topological polar surface area (TPSA) is 27.7 Å². The van der Waals surface area contributed by atoms with Crippen LogP contribution in [0.5, 0.6) is 5.75 Å². The van der Waals surface area contributed by atoms with Gasteiger partial charge in [-0.05, 0) is 108 Å². The molecule has 0 amide bonds. The third kappa shape index (κ3) is 5.54. The van der Waals surface area contributed by atoms with E-state index in [0.717, 1.165) is 43.6 Å². The quantitative estimate of drug-likeness (QED) is 0.249. The minimum absolute atomic E-state index is 0.254. The molecule has 6 atom stereocenters. The van der Waals surface area contributed by atoms with Crippen LogP contribution in [0, 0.1) is 23.2 Å². The van der Waals surface area contributed by atoms with Gasteiger partial charge in [-0.1, -0.05) is 73.7 Å². The van der Waals surface area contributed by atoms with Crippen LogP contribution >= 0.6 is 0 Å². The summed E-state index contributed by atoms with van der Waals surface area (Å²) in [7, 11) is 1.83. The first-order valence-corrected chi connectivity index (χ1v) is 15.1. The van der Waals surface area contributed by atoms with E-state index in [2.05, 4.69) is 85.8 Å². The van der Waals surface area contributed by atoms with Crippen molar-refractivity contribution >= 4 is 0 Å². The standard InChI is InChI=1S/C36H44O3/c1-36-23-29(14-9-21-37-2)35-31-18-16-30(38-24-26-10-5-3-6-11-26)22-28(31)15-17-32(35)33(36)19-20-34(36)39-25-27-12-7-4-8-13-27/h3-8,10-13,16,18,22,29,32-35H,9,14-15,17,19-21,23-25H2,1-2H3/t29-,32-,33-,34?,35+,36-/m0/s1. The van der Waals surface area contributed by atoms with Gasteiger partial charge < -0.3 is 14.2 Å². The molecule has 0 heterocycles. The zero-order valence-electron chi connectivity index (χ0n) is 23.7. The maximum Gasteiger partial charge on any atom is 0.120 e. The lowest BCUT2D eigenvalue weighted by Gasteiger charge is -2.54. The molecule has 3 nitrogen and oxygen atoms in total. The van der Waals surface area contributed by atoms with Gasteiger partial charge in [0.1, 0.15) is 12.4 Å². The minimum Gasteiger partial charge on any atom is -0.489 e. The zero-order valence-corrected chi connectivity index (χ0v) is 23.7. The Morgan fingerprint density at radius 1 is 0.846 bits per heavy atom. The summed E-state index contributed by atoms with van der Waals surface area (Å²) in [5.74, 6) is 3.79. The lowest BCUT2D eigenvalue weighted by molar-refractivity contribution is -0.0881. The van der Waals surface area contributed by atoms with Crippen molar-refractivity contribution in [2.45, 2.75) is 77.1 Å². The van der Waals surface area contributed by atoms with Crippen LogP contribution in [-0.4, -0.2) is 19.8 Å². The number of benzene rings is 3. The molecule has 0 radical (unpaired) electrons. The largest absolute Gasteiger partial charge is 0.489 e. The summed E-state index contributed by atoms with van der Waals surface area (Å²) in [5, 5.41) is 0. The number of aryl methyl sites for hydroxylation is 1. The van der Waals surface area contributed by atoms with E-state index in [1.807, 2.05) is 7.11 Å². The highest BCUT2D eigenvalue weighted by atomic mass is 16.5. The smallest absolute Gasteiger partial charge is 0.120 e. The number of hydrogen-bond donors (Lipinski definition) is 0. The monoisotopic (exact) mass is 524 g/mol. The summed E-state index contributed by atoms with van der Waals surface area (Å²) < 4.78 is 18.4. The second-order valence-electron chi connectivity index (χ2n) is 12.4. The molecule has 0 aliphatic heterocycles. The molecular weight excluding hydrogens is 480 g/mol. The molecule has 3 aliphatic rings. The predicted molar refractivity (Wildman–Crippen MR) is 157 cm³/mol. The SMILES string of the molecule is COCCC[C@H]1C[C@]2(C)C(OCc3ccccc3)CC[C@H]2[C@@H]2CCc3cc(OCc4ccccc4)ccc3[C@@H]12. The van der Waals surface area contributed by atoms with E-state index < -0.39 is 0 Å². The molecule has 2 saturated carbocycles. The van der Waals surface area contributed by atoms with Gasteiger partial charge in [0.05, 0.1) is 12.7 Å². The van der Waals surface area contributed by atoms with E-state index in [1.54, 1.807) is 5.56 Å². The van der Waals surface area contributed by atoms with Gasteiger partial charge in [-0.3, -0.25) is 0 Å². The maximum atomic E-state index is 6.72. The molecule has 0 N–H and O–H groups in total. The van der Waals surface area contributed by atoms with Crippen LogP contribution in [0.3, 0.4) is 0 Å². The van der Waals surface area contributed by atoms with Gasteiger partial charge >= 0.3 is 0 Å². The van der Waals surface area contributed by atoms with Crippen LogP contribution in [-0.2, 0) is 29.1 Å². The molecule has 6 rings (SSSR count). The Morgan fingerprint density at radius 3 is 2.33 bits per heavy atom. The van der Waals surface area contributed by atoms with Gasteiger partial charge in [-0.15, -0.1) is 0 Å². The van der Waals surface area contributed by atoms with Crippen LogP contribution in [0.1, 0.15) is 73.6 Å². The van der Waals surface area contributed by atoms with Crippen LogP contribution in [0.25, 0.3) is 0 Å². The Kier molecular flexibility index (Phi) is 8.09. The molecule has 3 aliphatic carbocycles. The Hall–Kier alpha value is -2.62. The first-order valence-electron chi connectivity index (χ1n) is 15.1. The van der Waals surface area contributed by atoms with Crippen molar-refractivity contribution in [1.82, 2.24) is 0 Å². The molecule has 0 bridgehead atoms. The molecule has 0 saturated heterocycles. The third-order valence-electron chi connectivity index (χ3n) is 10.2. The highest BCUT2D eigenvalue weighted by molar-refractivity contribution is 5.41. The Balaban J connectivity index is 1.22. The van der Waals surface area contributed by atoms with E-state index in [4.69, 9.17) is 14.2 Å². The highest BCUT2D eigenvalue weighted by Crippen LogP contribution is 2.64. The Bertz CT molecular complexity index is 1210. The van der Waals surface area contributed by atoms with Crippen molar-refractivity contribution < 1.29 is 14.2 Å². The molecule has 0 spiro atoms. The molecule has 1 unspecified atom stereocenters. The maximum absolute atomic E-state index is 6.72. The lowest BCUT2D eigenvalue weighted by atomic mass is 9.51. The first kappa shape index (κ1) is 26.6. The van der Waals surface area contributed by atoms with Gasteiger partial charge in [0, 0.05) is 13.7 Å². The normalized spacial score (nSPS) is 29.3. The fourth-order valence-electron chi connectivity index (χ4n) is 8.47. The predicted octanol–water partition coefficient (Wildman–Crippen LogP) is 8.36. The van der Waals surface area contributed by atoms with Crippen molar-refractivity contribution in [2.75, 3.05) is 13.7 Å². The van der Waals surface area contributed by atoms with Gasteiger partial charge in [0.15, 0.2) is 0 Å². The van der Waals surface area contributed by atoms with E-state index >= 15 is 0 Å². The summed E-state index contributed by atoms with van der Waals surface area (Å²) in [4.78, 5) is 0. The molecule has 0 aromatic heterocycles. The van der Waals surface area contributed by atoms with Crippen molar-refractivity contribution in [3.05, 3.63) is 101 Å². The Labute approximate surface area is 234 Å². The van der Waals surface area contributed by atoms with Gasteiger partial charge in [-0.2, -0.15) is 0 Å². The summed E-state index contributed by atoms with van der Waals surface area (Å²) in [6.07, 6.45) is 8.91. The van der Waals surface area contributed by atoms with Crippen molar-refractivity contribution in [3.8, 4) is 5.75 Å². The van der Waals surface area contributed by atoms with Crippen molar-refractivity contribution in [2.24, 2.45) is 23.2 Å². The fourth-order valence-corrected chi connectivity index (χ4v) is 8.47. The van der Waals surface area contributed by atoms with Crippen LogP contribution in [0.15, 0.2) is 78.9 Å². The van der Waals surface area contributed by atoms with E-state index in [9.17, 15) is 0 Å². The van der Waals surface area contributed by atoms with E-state index in [1.165, 1.54) is 48.8 Å². The zero-order chi connectivity index (χ0) is 26.7. The number of hydrogen-bond acceptors (Lipinski definition) is 3. The second kappa shape index (κ2) is 11.9. The van der Waals surface area contributed by atoms with Crippen LogP contribution in [0.2, 0.25) is 0 Å². The summed E-state index contributed by atoms with van der Waals surface area (Å²) in [6, 6.07) is 28.1. The van der Waals surface area contributed by atoms with Gasteiger partial charge in [-0.25, -0.2) is 0 Å². The second-order valence-corrected chi connectivity index (χ2v) is 12.4. The molecular formula is C36H44O3. The molecule has 3 aromatic carbocycles. The number of fused-ring (bicyclic) bond motifs is 5. The van der Waals surface area contributed by atoms with Crippen molar-refractivity contribution in [1.29, 1.82) is 0 Å². The van der Waals surface area contributed by atoms with Crippen molar-refractivity contribution in [3.63, 3.8) is 0 Å². The highest BCUT2D eigenvalue weighted by Gasteiger charge is 2.58. The first-order chi connectivity index (χ1) is 19.2. The minimum atomic E-state index is 0.254.